The van der Waals surface area contributed by atoms with Crippen LogP contribution in [0.5, 0.6) is 0 Å². The van der Waals surface area contributed by atoms with Crippen LogP contribution in [0.3, 0.4) is 0 Å². The molecule has 1 aromatic carbocycles. The molecule has 35 heavy (non-hydrogen) atoms. The Hall–Kier alpha value is -4.40. The number of hydrogen-bond acceptors (Lipinski definition) is 7. The number of piperidine rings is 1. The quantitative estimate of drug-likeness (QED) is 0.526. The largest absolute Gasteiger partial charge is 0.375 e. The summed E-state index contributed by atoms with van der Waals surface area (Å²) in [5, 5.41) is 12.6. The molecule has 3 aromatic rings. The Morgan fingerprint density at radius 1 is 1.17 bits per heavy atom. The zero-order valence-corrected chi connectivity index (χ0v) is 19.2. The van der Waals surface area contributed by atoms with Gasteiger partial charge in [-0.05, 0) is 36.6 Å². The van der Waals surface area contributed by atoms with Crippen LogP contribution in [0.1, 0.15) is 24.0 Å². The minimum Gasteiger partial charge on any atom is -0.375 e. The first-order valence-corrected chi connectivity index (χ1v) is 11.0. The summed E-state index contributed by atoms with van der Waals surface area (Å²) in [6, 6.07) is 6.86. The van der Waals surface area contributed by atoms with E-state index in [2.05, 4.69) is 10.3 Å². The second-order valence-corrected chi connectivity index (χ2v) is 8.48. The molecule has 4 rings (SSSR count). The highest BCUT2D eigenvalue weighted by molar-refractivity contribution is 5.45. The van der Waals surface area contributed by atoms with E-state index in [0.717, 1.165) is 15.6 Å². The monoisotopic (exact) mass is 481 g/mol. The lowest BCUT2D eigenvalue weighted by Gasteiger charge is -2.36. The van der Waals surface area contributed by atoms with E-state index >= 15 is 0 Å². The van der Waals surface area contributed by atoms with Crippen LogP contribution in [0.2, 0.25) is 0 Å². The third-order valence-electron chi connectivity index (χ3n) is 6.18. The van der Waals surface area contributed by atoms with E-state index in [1.165, 1.54) is 49.1 Å². The lowest BCUT2D eigenvalue weighted by atomic mass is 10.1. The van der Waals surface area contributed by atoms with Gasteiger partial charge >= 0.3 is 11.4 Å². The van der Waals surface area contributed by atoms with Crippen LogP contribution in [0.25, 0.3) is 0 Å². The number of rotatable bonds is 5. The number of halogens is 1. The standard InChI is InChI=1S/C23H24FN7O4/c1-28-20(32)9-19(31(23(28)35)12-15-8-16(24)6-5-14(15)10-25)30-7-3-4-17(13-30)27-18-11-26-22(34)29(2)21(18)33/h5-6,8-9,11,17,27H,3-4,7,12-13H2,1-2H3,(H,26,34)/t17-/m1/s1. The fourth-order valence-electron chi connectivity index (χ4n) is 4.23. The van der Waals surface area contributed by atoms with E-state index in [4.69, 9.17) is 0 Å². The van der Waals surface area contributed by atoms with Gasteiger partial charge in [0.15, 0.2) is 0 Å². The average Bonchev–Trinajstić information content (AvgIpc) is 2.85. The Bertz CT molecular complexity index is 1560. The van der Waals surface area contributed by atoms with Gasteiger partial charge in [0.2, 0.25) is 0 Å². The van der Waals surface area contributed by atoms with Gasteiger partial charge in [-0.2, -0.15) is 5.26 Å². The van der Waals surface area contributed by atoms with Crippen molar-refractivity contribution in [1.29, 1.82) is 5.26 Å². The molecule has 0 bridgehead atoms. The molecule has 11 nitrogen and oxygen atoms in total. The van der Waals surface area contributed by atoms with Crippen molar-refractivity contribution in [1.82, 2.24) is 18.7 Å². The van der Waals surface area contributed by atoms with E-state index in [0.29, 0.717) is 30.9 Å². The van der Waals surface area contributed by atoms with E-state index < -0.39 is 28.3 Å². The number of aromatic amines is 1. The third-order valence-corrected chi connectivity index (χ3v) is 6.18. The summed E-state index contributed by atoms with van der Waals surface area (Å²) in [6.45, 7) is 0.809. The Balaban J connectivity index is 1.70. The molecule has 12 heteroatoms. The zero-order valence-electron chi connectivity index (χ0n) is 19.2. The summed E-state index contributed by atoms with van der Waals surface area (Å²) in [4.78, 5) is 53.9. The van der Waals surface area contributed by atoms with Crippen molar-refractivity contribution in [3.05, 3.63) is 89.1 Å². The van der Waals surface area contributed by atoms with Gasteiger partial charge in [0.25, 0.3) is 11.1 Å². The van der Waals surface area contributed by atoms with Gasteiger partial charge in [0, 0.05) is 45.5 Å². The number of aromatic nitrogens is 4. The number of H-pyrrole nitrogens is 1. The van der Waals surface area contributed by atoms with Gasteiger partial charge in [-0.3, -0.25) is 23.3 Å². The molecule has 3 heterocycles. The molecule has 0 radical (unpaired) electrons. The van der Waals surface area contributed by atoms with E-state index in [1.54, 1.807) is 0 Å². The third kappa shape index (κ3) is 4.65. The van der Waals surface area contributed by atoms with Crippen molar-refractivity contribution in [3.8, 4) is 6.07 Å². The lowest BCUT2D eigenvalue weighted by Crippen LogP contribution is -2.48. The van der Waals surface area contributed by atoms with Crippen LogP contribution in [0.4, 0.5) is 15.9 Å². The fraction of sp³-hybridized carbons (Fsp3) is 0.348. The topological polar surface area (TPSA) is 138 Å². The molecule has 0 amide bonds. The molecule has 1 fully saturated rings. The van der Waals surface area contributed by atoms with E-state index in [-0.39, 0.29) is 23.8 Å². The summed E-state index contributed by atoms with van der Waals surface area (Å²) >= 11 is 0. The highest BCUT2D eigenvalue weighted by Gasteiger charge is 2.25. The molecule has 0 unspecified atom stereocenters. The molecule has 2 aromatic heterocycles. The maximum atomic E-state index is 13.9. The second-order valence-electron chi connectivity index (χ2n) is 8.48. The molecule has 0 spiro atoms. The van der Waals surface area contributed by atoms with Crippen LogP contribution >= 0.6 is 0 Å². The summed E-state index contributed by atoms with van der Waals surface area (Å²) in [7, 11) is 2.73. The predicted octanol–water partition coefficient (Wildman–Crippen LogP) is 0.0740. The number of nitrogens with one attached hydrogen (secondary N) is 2. The minimum absolute atomic E-state index is 0.0992. The Kier molecular flexibility index (Phi) is 6.42. The maximum absolute atomic E-state index is 13.9. The molecule has 1 saturated heterocycles. The van der Waals surface area contributed by atoms with Crippen molar-refractivity contribution >= 4 is 11.5 Å². The van der Waals surface area contributed by atoms with Crippen LogP contribution in [0, 0.1) is 17.1 Å². The zero-order chi connectivity index (χ0) is 25.3. The summed E-state index contributed by atoms with van der Waals surface area (Å²) < 4.78 is 17.2. The Labute approximate surface area is 198 Å². The lowest BCUT2D eigenvalue weighted by molar-refractivity contribution is 0.510. The van der Waals surface area contributed by atoms with Gasteiger partial charge in [0.05, 0.1) is 18.2 Å². The minimum atomic E-state index is -0.592. The van der Waals surface area contributed by atoms with Gasteiger partial charge in [0.1, 0.15) is 17.3 Å². The molecule has 0 saturated carbocycles. The molecular formula is C23H24FN7O4. The predicted molar refractivity (Wildman–Crippen MR) is 127 cm³/mol. The first kappa shape index (κ1) is 23.7. The number of nitrogens with zero attached hydrogens (tertiary/aromatic N) is 5. The van der Waals surface area contributed by atoms with E-state index in [9.17, 15) is 28.8 Å². The number of nitriles is 1. The van der Waals surface area contributed by atoms with Crippen LogP contribution < -0.4 is 32.7 Å². The SMILES string of the molecule is Cn1c(=O)[nH]cc(N[C@@H]2CCCN(c3cc(=O)n(C)c(=O)n3Cc3cc(F)ccc3C#N)C2)c1=O. The Morgan fingerprint density at radius 3 is 2.69 bits per heavy atom. The van der Waals surface area contributed by atoms with Gasteiger partial charge in [-0.15, -0.1) is 0 Å². The summed E-state index contributed by atoms with van der Waals surface area (Å²) in [5.41, 5.74) is -1.30. The maximum Gasteiger partial charge on any atom is 0.332 e. The molecule has 1 aliphatic rings. The van der Waals surface area contributed by atoms with Crippen molar-refractivity contribution in [2.45, 2.75) is 25.4 Å². The average molecular weight is 481 g/mol. The highest BCUT2D eigenvalue weighted by Crippen LogP contribution is 2.21. The van der Waals surface area contributed by atoms with Crippen LogP contribution in [-0.2, 0) is 20.6 Å². The normalized spacial score (nSPS) is 15.6. The van der Waals surface area contributed by atoms with Gasteiger partial charge in [-0.1, -0.05) is 0 Å². The molecule has 2 N–H and O–H groups in total. The van der Waals surface area contributed by atoms with E-state index in [1.807, 2.05) is 11.0 Å². The first-order chi connectivity index (χ1) is 16.7. The summed E-state index contributed by atoms with van der Waals surface area (Å²) in [6.07, 6.45) is 2.75. The fourth-order valence-corrected chi connectivity index (χ4v) is 4.23. The first-order valence-electron chi connectivity index (χ1n) is 11.0. The van der Waals surface area contributed by atoms with Crippen molar-refractivity contribution < 1.29 is 4.39 Å². The smallest absolute Gasteiger partial charge is 0.332 e. The highest BCUT2D eigenvalue weighted by atomic mass is 19.1. The second kappa shape index (κ2) is 9.46. The molecule has 1 atom stereocenters. The molecule has 0 aliphatic carbocycles. The van der Waals surface area contributed by atoms with Crippen LogP contribution in [-0.4, -0.2) is 37.8 Å². The van der Waals surface area contributed by atoms with Crippen LogP contribution in [0.15, 0.2) is 49.6 Å². The number of anilines is 2. The van der Waals surface area contributed by atoms with Crippen molar-refractivity contribution in [2.75, 3.05) is 23.3 Å². The number of benzene rings is 1. The summed E-state index contributed by atoms with van der Waals surface area (Å²) in [5.74, 6) is -0.199. The van der Waals surface area contributed by atoms with Gasteiger partial charge in [-0.25, -0.2) is 14.0 Å². The van der Waals surface area contributed by atoms with Crippen molar-refractivity contribution in [3.63, 3.8) is 0 Å². The molecule has 1 aliphatic heterocycles. The Morgan fingerprint density at radius 2 is 1.94 bits per heavy atom. The number of hydrogen-bond donors (Lipinski definition) is 2. The molecular weight excluding hydrogens is 457 g/mol. The van der Waals surface area contributed by atoms with Crippen molar-refractivity contribution in [2.24, 2.45) is 14.1 Å². The molecule has 182 valence electrons. The van der Waals surface area contributed by atoms with Gasteiger partial charge < -0.3 is 15.2 Å².